The molecule has 1 aliphatic rings. The van der Waals surface area contributed by atoms with Gasteiger partial charge in [-0.3, -0.25) is 5.84 Å². The fourth-order valence-corrected chi connectivity index (χ4v) is 3.32. The molecule has 0 bridgehead atoms. The molecule has 1 saturated heterocycles. The highest BCUT2D eigenvalue weighted by Gasteiger charge is 2.29. The number of rotatable bonds is 5. The lowest BCUT2D eigenvalue weighted by Crippen LogP contribution is -2.39. The Balaban J connectivity index is 2.02. The molecule has 0 aliphatic carbocycles. The van der Waals surface area contributed by atoms with E-state index in [1.807, 2.05) is 0 Å². The summed E-state index contributed by atoms with van der Waals surface area (Å²) in [5.74, 6) is 5.26. The van der Waals surface area contributed by atoms with Gasteiger partial charge in [0.05, 0.1) is 4.90 Å². The third kappa shape index (κ3) is 3.69. The normalized spacial score (nSPS) is 18.7. The van der Waals surface area contributed by atoms with Crippen LogP contribution in [-0.4, -0.2) is 28.2 Å². The van der Waals surface area contributed by atoms with Crippen LogP contribution in [0.1, 0.15) is 19.8 Å². The molecule has 4 N–H and O–H groups in total. The van der Waals surface area contributed by atoms with Gasteiger partial charge < -0.3 is 10.2 Å². The fourth-order valence-electron chi connectivity index (χ4n) is 2.12. The van der Waals surface area contributed by atoms with E-state index in [1.54, 1.807) is 12.1 Å². The first-order valence-corrected chi connectivity index (χ1v) is 8.08. The molecule has 6 nitrogen and oxygen atoms in total. The van der Waals surface area contributed by atoms with Crippen LogP contribution in [0.5, 0.6) is 0 Å². The summed E-state index contributed by atoms with van der Waals surface area (Å²) in [6.45, 7) is 3.89. The van der Waals surface area contributed by atoms with Crippen molar-refractivity contribution in [3.05, 3.63) is 24.3 Å². The molecule has 0 spiro atoms. The maximum atomic E-state index is 12.2. The van der Waals surface area contributed by atoms with Gasteiger partial charge in [-0.15, -0.1) is 0 Å². The van der Waals surface area contributed by atoms with Crippen LogP contribution < -0.4 is 16.0 Å². The van der Waals surface area contributed by atoms with Crippen LogP contribution in [-0.2, 0) is 14.8 Å². The molecule has 1 aromatic rings. The molecule has 0 radical (unpaired) electrons. The summed E-state index contributed by atoms with van der Waals surface area (Å²) >= 11 is 0. The van der Waals surface area contributed by atoms with Gasteiger partial charge in [0.1, 0.15) is 0 Å². The minimum atomic E-state index is -3.48. The average Bonchev–Trinajstić information content (AvgIpc) is 2.46. The molecule has 0 saturated carbocycles. The highest BCUT2D eigenvalue weighted by Crippen LogP contribution is 2.29. The maximum Gasteiger partial charge on any atom is 0.240 e. The highest BCUT2D eigenvalue weighted by molar-refractivity contribution is 7.89. The summed E-state index contributed by atoms with van der Waals surface area (Å²) in [6.07, 6.45) is 1.73. The van der Waals surface area contributed by atoms with E-state index in [0.29, 0.717) is 25.4 Å². The van der Waals surface area contributed by atoms with E-state index >= 15 is 0 Å². The SMILES string of the molecule is CC1(CNS(=O)(=O)c2ccc(NN)cc2)CCOCC1. The number of hydrogen-bond donors (Lipinski definition) is 3. The first kappa shape index (κ1) is 15.2. The maximum absolute atomic E-state index is 12.2. The quantitative estimate of drug-likeness (QED) is 0.558. The van der Waals surface area contributed by atoms with Gasteiger partial charge in [0, 0.05) is 25.4 Å². The summed E-state index contributed by atoms with van der Waals surface area (Å²) in [5.41, 5.74) is 3.10. The second-order valence-corrected chi connectivity index (χ2v) is 7.18. The van der Waals surface area contributed by atoms with Gasteiger partial charge >= 0.3 is 0 Å². The summed E-state index contributed by atoms with van der Waals surface area (Å²) < 4.78 is 32.4. The number of hydrazine groups is 1. The molecule has 0 amide bonds. The summed E-state index contributed by atoms with van der Waals surface area (Å²) in [7, 11) is -3.48. The number of ether oxygens (including phenoxy) is 1. The zero-order valence-electron chi connectivity index (χ0n) is 11.6. The van der Waals surface area contributed by atoms with Crippen molar-refractivity contribution in [2.75, 3.05) is 25.2 Å². The number of sulfonamides is 1. The van der Waals surface area contributed by atoms with Crippen LogP contribution in [0.2, 0.25) is 0 Å². The molecule has 0 unspecified atom stereocenters. The van der Waals surface area contributed by atoms with E-state index in [2.05, 4.69) is 17.1 Å². The Hall–Kier alpha value is -1.15. The highest BCUT2D eigenvalue weighted by atomic mass is 32.2. The number of nitrogens with two attached hydrogens (primary N) is 1. The van der Waals surface area contributed by atoms with Crippen molar-refractivity contribution in [3.8, 4) is 0 Å². The van der Waals surface area contributed by atoms with E-state index in [-0.39, 0.29) is 10.3 Å². The number of nitrogen functional groups attached to an aromatic ring is 1. The molecule has 0 atom stereocenters. The van der Waals surface area contributed by atoms with Gasteiger partial charge in [0.2, 0.25) is 10.0 Å². The number of hydrogen-bond acceptors (Lipinski definition) is 5. The smallest absolute Gasteiger partial charge is 0.240 e. The van der Waals surface area contributed by atoms with Gasteiger partial charge in [-0.2, -0.15) is 0 Å². The third-order valence-electron chi connectivity index (χ3n) is 3.72. The Kier molecular flexibility index (Phi) is 4.64. The molecule has 112 valence electrons. The molecule has 0 aromatic heterocycles. The van der Waals surface area contributed by atoms with Crippen LogP contribution in [0, 0.1) is 5.41 Å². The van der Waals surface area contributed by atoms with Crippen LogP contribution in [0.25, 0.3) is 0 Å². The zero-order chi connectivity index (χ0) is 14.6. The molecular weight excluding hydrogens is 278 g/mol. The van der Waals surface area contributed by atoms with E-state index in [0.717, 1.165) is 12.8 Å². The molecule has 1 aliphatic heterocycles. The number of anilines is 1. The third-order valence-corrected chi connectivity index (χ3v) is 5.14. The van der Waals surface area contributed by atoms with Crippen molar-refractivity contribution < 1.29 is 13.2 Å². The van der Waals surface area contributed by atoms with E-state index in [9.17, 15) is 8.42 Å². The minimum Gasteiger partial charge on any atom is -0.381 e. The standard InChI is InChI=1S/C13H21N3O3S/c1-13(6-8-19-9-7-13)10-15-20(17,18)12-4-2-11(16-14)3-5-12/h2-5,15-16H,6-10,14H2,1H3. The van der Waals surface area contributed by atoms with Crippen LogP contribution in [0.15, 0.2) is 29.2 Å². The van der Waals surface area contributed by atoms with E-state index < -0.39 is 10.0 Å². The monoisotopic (exact) mass is 299 g/mol. The van der Waals surface area contributed by atoms with Gasteiger partial charge in [0.25, 0.3) is 0 Å². The Morgan fingerprint density at radius 2 is 1.85 bits per heavy atom. The summed E-state index contributed by atoms with van der Waals surface area (Å²) in [5, 5.41) is 0. The second kappa shape index (κ2) is 6.09. The van der Waals surface area contributed by atoms with Gasteiger partial charge in [-0.05, 0) is 42.5 Å². The first-order valence-electron chi connectivity index (χ1n) is 6.59. The summed E-state index contributed by atoms with van der Waals surface area (Å²) in [6, 6.07) is 6.32. The van der Waals surface area contributed by atoms with Crippen molar-refractivity contribution in [2.45, 2.75) is 24.7 Å². The van der Waals surface area contributed by atoms with Crippen LogP contribution in [0.4, 0.5) is 5.69 Å². The fraction of sp³-hybridized carbons (Fsp3) is 0.538. The Bertz CT molecular complexity index is 536. The van der Waals surface area contributed by atoms with Gasteiger partial charge in [-0.25, -0.2) is 13.1 Å². The number of nitrogens with one attached hydrogen (secondary N) is 2. The lowest BCUT2D eigenvalue weighted by molar-refractivity contribution is 0.0265. The lowest BCUT2D eigenvalue weighted by atomic mass is 9.83. The van der Waals surface area contributed by atoms with Crippen LogP contribution >= 0.6 is 0 Å². The Morgan fingerprint density at radius 3 is 2.40 bits per heavy atom. The lowest BCUT2D eigenvalue weighted by Gasteiger charge is -2.33. The molecule has 1 aromatic carbocycles. The summed E-state index contributed by atoms with van der Waals surface area (Å²) in [4.78, 5) is 0.243. The van der Waals surface area contributed by atoms with Crippen molar-refractivity contribution in [2.24, 2.45) is 11.3 Å². The van der Waals surface area contributed by atoms with Crippen LogP contribution in [0.3, 0.4) is 0 Å². The molecular formula is C13H21N3O3S. The second-order valence-electron chi connectivity index (χ2n) is 5.42. The largest absolute Gasteiger partial charge is 0.381 e. The predicted molar refractivity (Wildman–Crippen MR) is 77.6 cm³/mol. The Morgan fingerprint density at radius 1 is 1.25 bits per heavy atom. The van der Waals surface area contributed by atoms with Gasteiger partial charge in [0.15, 0.2) is 0 Å². The Labute approximate surface area is 119 Å². The molecule has 1 heterocycles. The van der Waals surface area contributed by atoms with Gasteiger partial charge in [-0.1, -0.05) is 6.92 Å². The average molecular weight is 299 g/mol. The molecule has 1 fully saturated rings. The molecule has 20 heavy (non-hydrogen) atoms. The van der Waals surface area contributed by atoms with Crippen molar-refractivity contribution in [1.82, 2.24) is 4.72 Å². The minimum absolute atomic E-state index is 0.0376. The number of benzene rings is 1. The predicted octanol–water partition coefficient (Wildman–Crippen LogP) is 1.07. The zero-order valence-corrected chi connectivity index (χ0v) is 12.4. The molecule has 2 rings (SSSR count). The first-order chi connectivity index (χ1) is 9.45. The van der Waals surface area contributed by atoms with E-state index in [1.165, 1.54) is 12.1 Å². The van der Waals surface area contributed by atoms with Crippen molar-refractivity contribution in [3.63, 3.8) is 0 Å². The van der Waals surface area contributed by atoms with Crippen molar-refractivity contribution in [1.29, 1.82) is 0 Å². The van der Waals surface area contributed by atoms with Crippen molar-refractivity contribution >= 4 is 15.7 Å². The topological polar surface area (TPSA) is 93.5 Å². The van der Waals surface area contributed by atoms with E-state index in [4.69, 9.17) is 10.6 Å². The molecule has 7 heteroatoms.